The minimum atomic E-state index is 0.123. The van der Waals surface area contributed by atoms with Crippen molar-refractivity contribution in [1.82, 2.24) is 0 Å². The smallest absolute Gasteiger partial charge is 0.0682 e. The third-order valence-electron chi connectivity index (χ3n) is 1.92. The Morgan fingerprint density at radius 1 is 1.00 bits per heavy atom. The van der Waals surface area contributed by atoms with Crippen LogP contribution in [0.2, 0.25) is 0 Å². The maximum absolute atomic E-state index is 9.15. The van der Waals surface area contributed by atoms with E-state index in [1.807, 2.05) is 29.6 Å². The Labute approximate surface area is 107 Å². The summed E-state index contributed by atoms with van der Waals surface area (Å²) in [6.45, 7) is 8.92. The van der Waals surface area contributed by atoms with Gasteiger partial charge in [-0.2, -0.15) is 0 Å². The zero-order valence-corrected chi connectivity index (χ0v) is 12.0. The van der Waals surface area contributed by atoms with Crippen LogP contribution in [0.15, 0.2) is 28.0 Å². The summed E-state index contributed by atoms with van der Waals surface area (Å²) in [5.41, 5.74) is 0.997. The van der Waals surface area contributed by atoms with Gasteiger partial charge in [0.1, 0.15) is 0 Å². The molecule has 0 saturated carbocycles. The van der Waals surface area contributed by atoms with Gasteiger partial charge in [0.05, 0.1) is 6.61 Å². The first-order valence-electron chi connectivity index (χ1n) is 5.60. The van der Waals surface area contributed by atoms with Crippen molar-refractivity contribution in [3.63, 3.8) is 0 Å². The molecule has 1 aromatic rings. The van der Waals surface area contributed by atoms with Crippen molar-refractivity contribution < 1.29 is 5.11 Å². The molecule has 0 radical (unpaired) electrons. The van der Waals surface area contributed by atoms with Gasteiger partial charge in [-0.1, -0.05) is 33.8 Å². The molecule has 0 spiro atoms. The summed E-state index contributed by atoms with van der Waals surface area (Å²) < 4.78 is 0. The lowest BCUT2D eigenvalue weighted by molar-refractivity contribution is 0.281. The van der Waals surface area contributed by atoms with E-state index < -0.39 is 0 Å². The molecule has 0 amide bonds. The lowest BCUT2D eigenvalue weighted by atomic mass is 10.2. The average molecular weight is 256 g/mol. The van der Waals surface area contributed by atoms with Crippen LogP contribution in [0.3, 0.4) is 0 Å². The van der Waals surface area contributed by atoms with Crippen LogP contribution < -0.4 is 0 Å². The minimum absolute atomic E-state index is 0.123. The molecule has 0 fully saturated rings. The molecule has 0 aliphatic rings. The van der Waals surface area contributed by atoms with Crippen molar-refractivity contribution in [2.45, 2.75) is 54.6 Å². The van der Waals surface area contributed by atoms with Crippen molar-refractivity contribution in [2.75, 3.05) is 0 Å². The minimum Gasteiger partial charge on any atom is -0.392 e. The summed E-state index contributed by atoms with van der Waals surface area (Å²) in [6, 6.07) is 6.24. The number of hydrogen-bond acceptors (Lipinski definition) is 3. The lowest BCUT2D eigenvalue weighted by Crippen LogP contribution is -1.93. The summed E-state index contributed by atoms with van der Waals surface area (Å²) >= 11 is 3.75. The van der Waals surface area contributed by atoms with Crippen LogP contribution in [-0.2, 0) is 6.61 Å². The summed E-state index contributed by atoms with van der Waals surface area (Å²) in [5, 5.41) is 10.3. The van der Waals surface area contributed by atoms with Gasteiger partial charge in [-0.3, -0.25) is 0 Å². The Morgan fingerprint density at radius 3 is 2.06 bits per heavy atom. The molecule has 0 aromatic heterocycles. The second kappa shape index (κ2) is 6.58. The summed E-state index contributed by atoms with van der Waals surface area (Å²) in [5.74, 6) is 0. The number of aliphatic hydroxyl groups is 1. The number of thioether (sulfide) groups is 2. The fraction of sp³-hybridized carbons (Fsp3) is 0.538. The van der Waals surface area contributed by atoms with Crippen LogP contribution in [0.5, 0.6) is 0 Å². The first kappa shape index (κ1) is 13.9. The molecule has 0 heterocycles. The maximum Gasteiger partial charge on any atom is 0.0682 e. The number of benzene rings is 1. The van der Waals surface area contributed by atoms with Crippen LogP contribution in [0, 0.1) is 0 Å². The Bertz CT molecular complexity index is 335. The van der Waals surface area contributed by atoms with Gasteiger partial charge in [0.25, 0.3) is 0 Å². The van der Waals surface area contributed by atoms with E-state index in [2.05, 4.69) is 39.8 Å². The maximum atomic E-state index is 9.15. The van der Waals surface area contributed by atoms with Crippen LogP contribution in [0.25, 0.3) is 0 Å². The molecule has 1 N–H and O–H groups in total. The van der Waals surface area contributed by atoms with Gasteiger partial charge in [0.2, 0.25) is 0 Å². The first-order chi connectivity index (χ1) is 7.52. The van der Waals surface area contributed by atoms with Gasteiger partial charge in [0.15, 0.2) is 0 Å². The van der Waals surface area contributed by atoms with Crippen LogP contribution in [0.1, 0.15) is 33.3 Å². The molecular weight excluding hydrogens is 236 g/mol. The van der Waals surface area contributed by atoms with Gasteiger partial charge in [-0.15, -0.1) is 23.5 Å². The van der Waals surface area contributed by atoms with Gasteiger partial charge in [0, 0.05) is 20.3 Å². The molecule has 0 saturated heterocycles. The predicted octanol–water partition coefficient (Wildman–Crippen LogP) is 4.18. The summed E-state index contributed by atoms with van der Waals surface area (Å²) in [7, 11) is 0. The van der Waals surface area contributed by atoms with E-state index in [1.54, 1.807) is 0 Å². The van der Waals surface area contributed by atoms with Crippen LogP contribution in [0.4, 0.5) is 0 Å². The zero-order valence-electron chi connectivity index (χ0n) is 10.4. The Hall–Kier alpha value is -0.120. The lowest BCUT2D eigenvalue weighted by Gasteiger charge is -2.13. The number of hydrogen-bond donors (Lipinski definition) is 1. The zero-order chi connectivity index (χ0) is 12.1. The Morgan fingerprint density at radius 2 is 1.56 bits per heavy atom. The first-order valence-corrected chi connectivity index (χ1v) is 7.36. The van der Waals surface area contributed by atoms with E-state index in [1.165, 1.54) is 9.79 Å². The molecule has 90 valence electrons. The molecule has 16 heavy (non-hydrogen) atoms. The molecule has 0 aliphatic carbocycles. The van der Waals surface area contributed by atoms with Gasteiger partial charge in [-0.25, -0.2) is 0 Å². The van der Waals surface area contributed by atoms with Gasteiger partial charge in [-0.05, 0) is 17.7 Å². The highest BCUT2D eigenvalue weighted by Gasteiger charge is 2.08. The molecule has 3 heteroatoms. The second-order valence-electron chi connectivity index (χ2n) is 4.27. The normalized spacial score (nSPS) is 11.4. The molecule has 0 unspecified atom stereocenters. The van der Waals surface area contributed by atoms with Gasteiger partial charge < -0.3 is 5.11 Å². The Kier molecular flexibility index (Phi) is 5.73. The third kappa shape index (κ3) is 4.40. The van der Waals surface area contributed by atoms with E-state index in [0.29, 0.717) is 10.5 Å². The fourth-order valence-electron chi connectivity index (χ4n) is 1.35. The largest absolute Gasteiger partial charge is 0.392 e. The van der Waals surface area contributed by atoms with E-state index in [4.69, 9.17) is 5.11 Å². The standard InChI is InChI=1S/C13H20OS2/c1-9(2)15-12-6-5-11(8-14)7-13(12)16-10(3)4/h5-7,9-10,14H,8H2,1-4H3. The highest BCUT2D eigenvalue weighted by atomic mass is 32.2. The topological polar surface area (TPSA) is 20.2 Å². The van der Waals surface area contributed by atoms with Crippen LogP contribution in [-0.4, -0.2) is 15.6 Å². The van der Waals surface area contributed by atoms with E-state index in [-0.39, 0.29) is 6.61 Å². The fourth-order valence-corrected chi connectivity index (χ4v) is 3.38. The molecular formula is C13H20OS2. The van der Waals surface area contributed by atoms with E-state index in [0.717, 1.165) is 5.56 Å². The summed E-state index contributed by atoms with van der Waals surface area (Å²) in [4.78, 5) is 2.62. The van der Waals surface area contributed by atoms with Gasteiger partial charge >= 0.3 is 0 Å². The van der Waals surface area contributed by atoms with Crippen molar-refractivity contribution in [1.29, 1.82) is 0 Å². The molecule has 1 nitrogen and oxygen atoms in total. The molecule has 0 bridgehead atoms. The monoisotopic (exact) mass is 256 g/mol. The highest BCUT2D eigenvalue weighted by Crippen LogP contribution is 2.35. The second-order valence-corrected chi connectivity index (χ2v) is 7.51. The number of rotatable bonds is 5. The molecule has 1 rings (SSSR count). The molecule has 0 atom stereocenters. The molecule has 1 aromatic carbocycles. The third-order valence-corrected chi connectivity index (χ3v) is 4.19. The highest BCUT2D eigenvalue weighted by molar-refractivity contribution is 8.02. The SMILES string of the molecule is CC(C)Sc1ccc(CO)cc1SC(C)C. The van der Waals surface area contributed by atoms with Crippen molar-refractivity contribution in [3.8, 4) is 0 Å². The van der Waals surface area contributed by atoms with Crippen LogP contribution >= 0.6 is 23.5 Å². The van der Waals surface area contributed by atoms with Crippen molar-refractivity contribution in [2.24, 2.45) is 0 Å². The summed E-state index contributed by atoms with van der Waals surface area (Å²) in [6.07, 6.45) is 0. The average Bonchev–Trinajstić information content (AvgIpc) is 2.19. The predicted molar refractivity (Wildman–Crippen MR) is 74.4 cm³/mol. The number of aliphatic hydroxyl groups excluding tert-OH is 1. The Balaban J connectivity index is 2.96. The van der Waals surface area contributed by atoms with Crippen molar-refractivity contribution >= 4 is 23.5 Å². The van der Waals surface area contributed by atoms with Crippen molar-refractivity contribution in [3.05, 3.63) is 23.8 Å². The van der Waals surface area contributed by atoms with E-state index in [9.17, 15) is 0 Å². The quantitative estimate of drug-likeness (QED) is 0.798. The molecule has 0 aliphatic heterocycles. The van der Waals surface area contributed by atoms with E-state index >= 15 is 0 Å².